The summed E-state index contributed by atoms with van der Waals surface area (Å²) in [5.74, 6) is 0.521. The minimum atomic E-state index is 0.424. The van der Waals surface area contributed by atoms with Crippen molar-refractivity contribution in [2.24, 2.45) is 0 Å². The number of thiophene rings is 1. The topological polar surface area (TPSA) is 41.6 Å². The monoisotopic (exact) mass is 447 g/mol. The first-order chi connectivity index (χ1) is 16.0. The Labute approximate surface area is 198 Å². The summed E-state index contributed by atoms with van der Waals surface area (Å²) in [7, 11) is 0. The molecule has 5 aromatic rings. The minimum Gasteiger partial charge on any atom is -0.230 e. The Balaban J connectivity index is 1.65. The average molecular weight is 448 g/mol. The zero-order valence-electron chi connectivity index (χ0n) is 19.3. The smallest absolute Gasteiger partial charge is 0.163 e. The summed E-state index contributed by atoms with van der Waals surface area (Å²) in [5, 5.41) is 17.5. The quantitative estimate of drug-likeness (QED) is 0.280. The summed E-state index contributed by atoms with van der Waals surface area (Å²) >= 11 is 1.70. The van der Waals surface area contributed by atoms with Crippen LogP contribution in [-0.4, -0.2) is 9.78 Å². The number of hydrogen-bond donors (Lipinski definition) is 0. The summed E-state index contributed by atoms with van der Waals surface area (Å²) in [6.07, 6.45) is 0. The van der Waals surface area contributed by atoms with Crippen LogP contribution in [0, 0.1) is 25.2 Å². The maximum absolute atomic E-state index is 9.60. The molecule has 0 saturated carbocycles. The molecule has 0 spiro atoms. The third-order valence-electron chi connectivity index (χ3n) is 6.21. The van der Waals surface area contributed by atoms with E-state index in [2.05, 4.69) is 92.8 Å². The number of aryl methyl sites for hydroxylation is 2. The Hall–Kier alpha value is -3.68. The second-order valence-corrected chi connectivity index (χ2v) is 9.73. The predicted molar refractivity (Wildman–Crippen MR) is 138 cm³/mol. The lowest BCUT2D eigenvalue weighted by molar-refractivity contribution is 0.867. The highest BCUT2D eigenvalue weighted by Gasteiger charge is 2.19. The predicted octanol–water partition coefficient (Wildman–Crippen LogP) is 8.03. The number of fused-ring (bicyclic) bond motifs is 1. The molecule has 2 aromatic heterocycles. The second kappa shape index (κ2) is 8.35. The van der Waals surface area contributed by atoms with Gasteiger partial charge in [-0.1, -0.05) is 68.4 Å². The fraction of sp³-hybridized carbons (Fsp3) is 0.172. The van der Waals surface area contributed by atoms with Crippen LogP contribution in [0.5, 0.6) is 0 Å². The molecule has 0 fully saturated rings. The van der Waals surface area contributed by atoms with Crippen LogP contribution in [-0.2, 0) is 0 Å². The van der Waals surface area contributed by atoms with Crippen molar-refractivity contribution in [3.63, 3.8) is 0 Å². The zero-order chi connectivity index (χ0) is 23.1. The molecule has 0 radical (unpaired) electrons. The Kier molecular flexibility index (Phi) is 5.36. The molecule has 0 saturated heterocycles. The van der Waals surface area contributed by atoms with E-state index in [1.165, 1.54) is 32.5 Å². The van der Waals surface area contributed by atoms with Crippen molar-refractivity contribution in [3.05, 3.63) is 94.5 Å². The molecular weight excluding hydrogens is 422 g/mol. The maximum atomic E-state index is 9.60. The summed E-state index contributed by atoms with van der Waals surface area (Å²) in [6, 6.07) is 25.8. The standard InChI is InChI=1S/C29H25N3S/c1-18(2)21-9-11-22(12-10-21)23-13-19(3)29(20(4)14-23)26-15-24(16-30)31-32(26)27-17-33-28-8-6-5-7-25(27)28/h5-15,17-18H,1-4H3. The van der Waals surface area contributed by atoms with Gasteiger partial charge < -0.3 is 0 Å². The third-order valence-corrected chi connectivity index (χ3v) is 7.16. The molecule has 0 atom stereocenters. The Bertz CT molecular complexity index is 1490. The van der Waals surface area contributed by atoms with Gasteiger partial charge in [0.1, 0.15) is 6.07 Å². The fourth-order valence-electron chi connectivity index (χ4n) is 4.52. The van der Waals surface area contributed by atoms with Gasteiger partial charge in [-0.05, 0) is 53.6 Å². The van der Waals surface area contributed by atoms with Gasteiger partial charge in [-0.25, -0.2) is 4.68 Å². The minimum absolute atomic E-state index is 0.424. The highest BCUT2D eigenvalue weighted by atomic mass is 32.1. The molecule has 162 valence electrons. The van der Waals surface area contributed by atoms with Crippen LogP contribution in [0.4, 0.5) is 0 Å². The van der Waals surface area contributed by atoms with E-state index < -0.39 is 0 Å². The number of benzene rings is 3. The highest BCUT2D eigenvalue weighted by molar-refractivity contribution is 7.17. The highest BCUT2D eigenvalue weighted by Crippen LogP contribution is 2.36. The Morgan fingerprint density at radius 1 is 0.909 bits per heavy atom. The number of nitrogens with zero attached hydrogens (tertiary/aromatic N) is 3. The summed E-state index contributed by atoms with van der Waals surface area (Å²) < 4.78 is 3.14. The van der Waals surface area contributed by atoms with Gasteiger partial charge in [-0.2, -0.15) is 10.4 Å². The van der Waals surface area contributed by atoms with E-state index in [9.17, 15) is 5.26 Å². The lowest BCUT2D eigenvalue weighted by atomic mass is 9.92. The van der Waals surface area contributed by atoms with E-state index in [0.717, 1.165) is 22.3 Å². The lowest BCUT2D eigenvalue weighted by Gasteiger charge is -2.15. The van der Waals surface area contributed by atoms with Gasteiger partial charge in [-0.15, -0.1) is 11.3 Å². The largest absolute Gasteiger partial charge is 0.230 e. The molecule has 0 aliphatic carbocycles. The van der Waals surface area contributed by atoms with Gasteiger partial charge in [0, 0.05) is 27.1 Å². The van der Waals surface area contributed by atoms with E-state index >= 15 is 0 Å². The number of aromatic nitrogens is 2. The molecule has 0 bridgehead atoms. The van der Waals surface area contributed by atoms with Gasteiger partial charge >= 0.3 is 0 Å². The third kappa shape index (κ3) is 3.75. The van der Waals surface area contributed by atoms with Gasteiger partial charge in [0.05, 0.1) is 11.4 Å². The molecule has 0 N–H and O–H groups in total. The van der Waals surface area contributed by atoms with Crippen molar-refractivity contribution in [2.45, 2.75) is 33.6 Å². The summed E-state index contributed by atoms with van der Waals surface area (Å²) in [5.41, 5.74) is 9.62. The van der Waals surface area contributed by atoms with Crippen molar-refractivity contribution in [1.29, 1.82) is 5.26 Å². The van der Waals surface area contributed by atoms with E-state index in [4.69, 9.17) is 0 Å². The lowest BCUT2D eigenvalue weighted by Crippen LogP contribution is -2.01. The number of rotatable bonds is 4. The van der Waals surface area contributed by atoms with Crippen LogP contribution in [0.2, 0.25) is 0 Å². The van der Waals surface area contributed by atoms with Gasteiger partial charge in [0.15, 0.2) is 5.69 Å². The molecule has 2 heterocycles. The van der Waals surface area contributed by atoms with Crippen LogP contribution >= 0.6 is 11.3 Å². The van der Waals surface area contributed by atoms with Crippen LogP contribution in [0.3, 0.4) is 0 Å². The fourth-order valence-corrected chi connectivity index (χ4v) is 5.44. The Morgan fingerprint density at radius 3 is 2.27 bits per heavy atom. The summed E-state index contributed by atoms with van der Waals surface area (Å²) in [4.78, 5) is 0. The Morgan fingerprint density at radius 2 is 1.61 bits per heavy atom. The second-order valence-electron chi connectivity index (χ2n) is 8.82. The molecular formula is C29H25N3S. The van der Waals surface area contributed by atoms with Crippen molar-refractivity contribution in [2.75, 3.05) is 0 Å². The SMILES string of the molecule is Cc1cc(-c2ccc(C(C)C)cc2)cc(C)c1-c1cc(C#N)nn1-c1csc2ccccc12. The first-order valence-corrected chi connectivity index (χ1v) is 12.0. The van der Waals surface area contributed by atoms with Gasteiger partial charge in [0.2, 0.25) is 0 Å². The first-order valence-electron chi connectivity index (χ1n) is 11.1. The molecule has 3 nitrogen and oxygen atoms in total. The van der Waals surface area contributed by atoms with E-state index in [0.29, 0.717) is 11.6 Å². The van der Waals surface area contributed by atoms with Crippen LogP contribution in [0.15, 0.2) is 72.1 Å². The maximum Gasteiger partial charge on any atom is 0.163 e. The van der Waals surface area contributed by atoms with E-state index in [1.807, 2.05) is 22.9 Å². The molecule has 0 amide bonds. The van der Waals surface area contributed by atoms with Crippen molar-refractivity contribution in [1.82, 2.24) is 9.78 Å². The van der Waals surface area contributed by atoms with Crippen molar-refractivity contribution in [3.8, 4) is 34.1 Å². The molecule has 0 unspecified atom stereocenters. The molecule has 0 aliphatic rings. The van der Waals surface area contributed by atoms with Gasteiger partial charge in [-0.3, -0.25) is 0 Å². The molecule has 4 heteroatoms. The summed E-state index contributed by atoms with van der Waals surface area (Å²) in [6.45, 7) is 8.72. The molecule has 0 aliphatic heterocycles. The van der Waals surface area contributed by atoms with E-state index in [-0.39, 0.29) is 0 Å². The number of nitriles is 1. The average Bonchev–Trinajstić information content (AvgIpc) is 3.42. The van der Waals surface area contributed by atoms with Gasteiger partial charge in [0.25, 0.3) is 0 Å². The molecule has 5 rings (SSSR count). The van der Waals surface area contributed by atoms with Crippen molar-refractivity contribution >= 4 is 21.4 Å². The van der Waals surface area contributed by atoms with Crippen LogP contribution < -0.4 is 0 Å². The zero-order valence-corrected chi connectivity index (χ0v) is 20.1. The molecule has 3 aromatic carbocycles. The van der Waals surface area contributed by atoms with Crippen molar-refractivity contribution < 1.29 is 0 Å². The van der Waals surface area contributed by atoms with E-state index in [1.54, 1.807) is 11.3 Å². The molecule has 33 heavy (non-hydrogen) atoms. The van der Waals surface area contributed by atoms with Crippen LogP contribution in [0.1, 0.15) is 42.1 Å². The number of hydrogen-bond acceptors (Lipinski definition) is 3. The normalized spacial score (nSPS) is 11.3. The van der Waals surface area contributed by atoms with Crippen LogP contribution in [0.25, 0.3) is 38.2 Å². The first kappa shape index (κ1) is 21.2.